The summed E-state index contributed by atoms with van der Waals surface area (Å²) in [5.74, 6) is 0.637. The Morgan fingerprint density at radius 2 is 1.68 bits per heavy atom. The van der Waals surface area contributed by atoms with Crippen molar-refractivity contribution < 1.29 is 13.2 Å². The second-order valence-electron chi connectivity index (χ2n) is 9.60. The Morgan fingerprint density at radius 1 is 0.895 bits per heavy atom. The van der Waals surface area contributed by atoms with E-state index in [1.165, 1.54) is 5.39 Å². The maximum Gasteiger partial charge on any atom is 0.240 e. The number of anilines is 2. The van der Waals surface area contributed by atoms with Crippen molar-refractivity contribution in [2.75, 3.05) is 18.5 Å². The Hall–Kier alpha value is -3.85. The van der Waals surface area contributed by atoms with Crippen molar-refractivity contribution in [1.82, 2.24) is 14.9 Å². The van der Waals surface area contributed by atoms with Crippen LogP contribution in [0.1, 0.15) is 18.4 Å². The lowest BCUT2D eigenvalue weighted by Crippen LogP contribution is -2.32. The third kappa shape index (κ3) is 4.86. The maximum atomic E-state index is 13.2. The first-order valence-electron chi connectivity index (χ1n) is 12.7. The van der Waals surface area contributed by atoms with Crippen LogP contribution in [0.3, 0.4) is 0 Å². The van der Waals surface area contributed by atoms with Crippen LogP contribution in [0.5, 0.6) is 0 Å². The van der Waals surface area contributed by atoms with Crippen LogP contribution >= 0.6 is 0 Å². The van der Waals surface area contributed by atoms with Crippen molar-refractivity contribution in [2.45, 2.75) is 30.8 Å². The highest BCUT2D eigenvalue weighted by molar-refractivity contribution is 7.89. The van der Waals surface area contributed by atoms with Crippen LogP contribution in [0.15, 0.2) is 89.8 Å². The van der Waals surface area contributed by atoms with Crippen molar-refractivity contribution >= 4 is 43.1 Å². The summed E-state index contributed by atoms with van der Waals surface area (Å²) < 4.78 is 34.7. The fourth-order valence-corrected chi connectivity index (χ4v) is 6.27. The van der Waals surface area contributed by atoms with Crippen LogP contribution in [0, 0.1) is 6.92 Å². The topological polar surface area (TPSA) is 93.2 Å². The van der Waals surface area contributed by atoms with Crippen LogP contribution < -0.4 is 10.0 Å². The van der Waals surface area contributed by atoms with E-state index < -0.39 is 10.0 Å². The fourth-order valence-electron chi connectivity index (χ4n) is 4.94. The quantitative estimate of drug-likeness (QED) is 0.273. The molecular formula is C30H28N4O3S. The van der Waals surface area contributed by atoms with E-state index in [4.69, 9.17) is 4.74 Å². The highest BCUT2D eigenvalue weighted by Crippen LogP contribution is 2.33. The lowest BCUT2D eigenvalue weighted by molar-refractivity contribution is 0.114. The van der Waals surface area contributed by atoms with Crippen molar-refractivity contribution in [3.63, 3.8) is 0 Å². The van der Waals surface area contributed by atoms with Crippen molar-refractivity contribution in [3.8, 4) is 11.3 Å². The summed E-state index contributed by atoms with van der Waals surface area (Å²) in [5, 5.41) is 16.6. The normalized spacial score (nSPS) is 15.8. The summed E-state index contributed by atoms with van der Waals surface area (Å²) in [5.41, 5.74) is 2.90. The number of ether oxygens (including phenoxy) is 1. The summed E-state index contributed by atoms with van der Waals surface area (Å²) in [4.78, 5) is 0.234. The molecule has 6 rings (SSSR count). The van der Waals surface area contributed by atoms with Crippen LogP contribution in [0.2, 0.25) is 0 Å². The van der Waals surface area contributed by atoms with Gasteiger partial charge in [-0.2, -0.15) is 0 Å². The zero-order valence-electron chi connectivity index (χ0n) is 21.0. The minimum atomic E-state index is -3.72. The van der Waals surface area contributed by atoms with Gasteiger partial charge in [0.2, 0.25) is 10.0 Å². The van der Waals surface area contributed by atoms with Crippen LogP contribution in [0.4, 0.5) is 11.5 Å². The summed E-state index contributed by atoms with van der Waals surface area (Å²) in [6.45, 7) is 2.74. The minimum Gasteiger partial charge on any atom is -0.377 e. The highest BCUT2D eigenvalue weighted by atomic mass is 32.2. The largest absolute Gasteiger partial charge is 0.377 e. The number of fused-ring (bicyclic) bond motifs is 2. The molecule has 0 aliphatic carbocycles. The number of aryl methyl sites for hydroxylation is 1. The molecule has 1 saturated heterocycles. The SMILES string of the molecule is Cc1ccc(-c2nnc(Nc3ccc4ccccc4c3)c3ccccc23)cc1S(=O)(=O)NC[C@@H]1CCCO1. The number of aromatic nitrogens is 2. The number of hydrogen-bond donors (Lipinski definition) is 2. The van der Waals surface area contributed by atoms with Crippen LogP contribution in [-0.2, 0) is 14.8 Å². The van der Waals surface area contributed by atoms with Gasteiger partial charge in [0.1, 0.15) is 5.69 Å². The fraction of sp³-hybridized carbons (Fsp3) is 0.200. The third-order valence-corrected chi connectivity index (χ3v) is 8.54. The molecule has 0 spiro atoms. The number of sulfonamides is 1. The highest BCUT2D eigenvalue weighted by Gasteiger charge is 2.23. The first kappa shape index (κ1) is 24.5. The van der Waals surface area contributed by atoms with Crippen LogP contribution in [0.25, 0.3) is 32.8 Å². The second kappa shape index (κ2) is 10.1. The molecule has 1 aliphatic heterocycles. The molecule has 8 heteroatoms. The summed E-state index contributed by atoms with van der Waals surface area (Å²) in [7, 11) is -3.72. The molecule has 0 amide bonds. The number of rotatable bonds is 7. The zero-order chi connectivity index (χ0) is 26.1. The first-order chi connectivity index (χ1) is 18.5. The Balaban J connectivity index is 1.35. The molecule has 5 aromatic rings. The van der Waals surface area contributed by atoms with Gasteiger partial charge in [0.15, 0.2) is 5.82 Å². The summed E-state index contributed by atoms with van der Waals surface area (Å²) in [6, 6.07) is 27.6. The van der Waals surface area contributed by atoms with Gasteiger partial charge in [-0.15, -0.1) is 10.2 Å². The van der Waals surface area contributed by atoms with Crippen molar-refractivity contribution in [1.29, 1.82) is 0 Å². The van der Waals surface area contributed by atoms with Crippen LogP contribution in [-0.4, -0.2) is 37.9 Å². The molecule has 1 aliphatic rings. The van der Waals surface area contributed by atoms with E-state index in [0.717, 1.165) is 34.7 Å². The van der Waals surface area contributed by atoms with Gasteiger partial charge in [0.25, 0.3) is 0 Å². The van der Waals surface area contributed by atoms with E-state index in [9.17, 15) is 8.42 Å². The maximum absolute atomic E-state index is 13.2. The number of hydrogen-bond acceptors (Lipinski definition) is 6. The molecule has 1 atom stereocenters. The number of nitrogens with zero attached hydrogens (tertiary/aromatic N) is 2. The standard InChI is InChI=1S/C30H28N4O3S/c1-20-12-13-23(18-28(20)38(35,36)31-19-25-9-6-16-37-25)29-26-10-4-5-11-27(26)30(34-33-29)32-24-15-14-21-7-2-3-8-22(21)17-24/h2-5,7-8,10-15,17-18,25,31H,6,9,16,19H2,1H3,(H,32,34)/t25-/m0/s1. The molecule has 1 aromatic heterocycles. The minimum absolute atomic E-state index is 0.0780. The second-order valence-corrected chi connectivity index (χ2v) is 11.3. The molecule has 2 heterocycles. The van der Waals surface area contributed by atoms with E-state index in [-0.39, 0.29) is 17.5 Å². The van der Waals surface area contributed by atoms with Gasteiger partial charge < -0.3 is 10.1 Å². The van der Waals surface area contributed by atoms with Gasteiger partial charge in [-0.25, -0.2) is 13.1 Å². The predicted molar refractivity (Wildman–Crippen MR) is 151 cm³/mol. The Kier molecular flexibility index (Phi) is 6.53. The van der Waals surface area contributed by atoms with E-state index in [1.807, 2.05) is 54.6 Å². The van der Waals surface area contributed by atoms with Gasteiger partial charge in [0, 0.05) is 35.2 Å². The average molecular weight is 525 g/mol. The number of benzene rings is 4. The van der Waals surface area contributed by atoms with Crippen molar-refractivity contribution in [3.05, 3.63) is 90.5 Å². The van der Waals surface area contributed by atoms with Gasteiger partial charge in [-0.1, -0.05) is 66.7 Å². The number of nitrogens with one attached hydrogen (secondary N) is 2. The predicted octanol–water partition coefficient (Wildman–Crippen LogP) is 5.96. The molecular weight excluding hydrogens is 496 g/mol. The van der Waals surface area contributed by atoms with Gasteiger partial charge in [-0.3, -0.25) is 0 Å². The van der Waals surface area contributed by atoms with E-state index in [2.05, 4.69) is 44.5 Å². The molecule has 7 nitrogen and oxygen atoms in total. The molecule has 2 N–H and O–H groups in total. The molecule has 1 fully saturated rings. The lowest BCUT2D eigenvalue weighted by Gasteiger charge is -2.15. The molecule has 38 heavy (non-hydrogen) atoms. The van der Waals surface area contributed by atoms with E-state index in [0.29, 0.717) is 29.2 Å². The van der Waals surface area contributed by atoms with Gasteiger partial charge >= 0.3 is 0 Å². The average Bonchev–Trinajstić information content (AvgIpc) is 3.46. The van der Waals surface area contributed by atoms with Gasteiger partial charge in [0.05, 0.1) is 11.0 Å². The van der Waals surface area contributed by atoms with Gasteiger partial charge in [-0.05, 0) is 54.3 Å². The molecule has 0 radical (unpaired) electrons. The zero-order valence-corrected chi connectivity index (χ0v) is 21.8. The molecule has 0 bridgehead atoms. The Bertz CT molecular complexity index is 1750. The molecule has 4 aromatic carbocycles. The monoisotopic (exact) mass is 524 g/mol. The first-order valence-corrected chi connectivity index (χ1v) is 14.2. The summed E-state index contributed by atoms with van der Waals surface area (Å²) >= 11 is 0. The molecule has 192 valence electrons. The van der Waals surface area contributed by atoms with E-state index >= 15 is 0 Å². The smallest absolute Gasteiger partial charge is 0.240 e. The summed E-state index contributed by atoms with van der Waals surface area (Å²) in [6.07, 6.45) is 1.74. The Labute approximate surface area is 221 Å². The third-order valence-electron chi connectivity index (χ3n) is 6.98. The van der Waals surface area contributed by atoms with Crippen molar-refractivity contribution in [2.24, 2.45) is 0 Å². The lowest BCUT2D eigenvalue weighted by atomic mass is 10.0. The Morgan fingerprint density at radius 3 is 2.50 bits per heavy atom. The molecule has 0 saturated carbocycles. The molecule has 0 unspecified atom stereocenters. The van der Waals surface area contributed by atoms with E-state index in [1.54, 1.807) is 13.0 Å².